The highest BCUT2D eigenvalue weighted by atomic mass is 16.7. The lowest BCUT2D eigenvalue weighted by molar-refractivity contribution is -0.303. The predicted molar refractivity (Wildman–Crippen MR) is 335 cm³/mol. The molecule has 80 heavy (non-hydrogen) atoms. The highest BCUT2D eigenvalue weighted by molar-refractivity contribution is 5.80. The van der Waals surface area contributed by atoms with E-state index in [0.29, 0.717) is 19.3 Å². The number of allylic oxidation sites excluding steroid dienone is 6. The summed E-state index contributed by atoms with van der Waals surface area (Å²) in [4.78, 5) is 13.2. The molecule has 11 nitrogen and oxygen atoms in total. The summed E-state index contributed by atoms with van der Waals surface area (Å²) in [5, 5.41) is 76.3. The van der Waals surface area contributed by atoms with Gasteiger partial charge in [0.2, 0.25) is 5.91 Å². The molecule has 9 atom stereocenters. The molecule has 0 radical (unpaired) electrons. The first-order chi connectivity index (χ1) is 39.2. The van der Waals surface area contributed by atoms with Crippen LogP contribution in [-0.2, 0) is 14.3 Å². The Morgan fingerprint density at radius 2 is 0.750 bits per heavy atom. The second-order valence-corrected chi connectivity index (χ2v) is 24.2. The quantitative estimate of drug-likeness (QED) is 0.0215. The maximum absolute atomic E-state index is 13.2. The third-order valence-electron chi connectivity index (χ3n) is 16.6. The standard InChI is InChI=1S/C69H131NO10/c1-3-5-7-9-11-13-15-17-19-21-22-23-24-25-26-27-28-29-30-31-32-33-34-35-36-37-38-39-41-43-45-47-49-51-53-55-57-62(73)68(78)70-60(59-79-69-67(77)66(76)65(75)63(58-71)80-69)64(74)61(72)56-54-52-50-48-46-44-42-40-20-18-16-14-12-10-8-6-4-2/h29-30,40,42,48,50,60-67,69,71-77H,3-28,31-39,41,43-47,49,51-59H2,1-2H3,(H,70,78)/b30-29-,42-40+,50-48+. The van der Waals surface area contributed by atoms with Crippen molar-refractivity contribution >= 4 is 5.91 Å². The van der Waals surface area contributed by atoms with E-state index in [4.69, 9.17) is 9.47 Å². The third kappa shape index (κ3) is 44.8. The zero-order chi connectivity index (χ0) is 58.2. The Hall–Kier alpha value is -1.67. The molecule has 0 aromatic carbocycles. The zero-order valence-corrected chi connectivity index (χ0v) is 52.1. The Kier molecular flexibility index (Phi) is 55.1. The fraction of sp³-hybridized carbons (Fsp3) is 0.899. The summed E-state index contributed by atoms with van der Waals surface area (Å²) in [6.07, 6.45) is 62.5. The maximum atomic E-state index is 13.2. The van der Waals surface area contributed by atoms with Crippen LogP contribution in [0.25, 0.3) is 0 Å². The molecule has 1 aliphatic heterocycles. The molecule has 0 bridgehead atoms. The van der Waals surface area contributed by atoms with Crippen molar-refractivity contribution in [1.29, 1.82) is 0 Å². The van der Waals surface area contributed by atoms with Gasteiger partial charge in [0.25, 0.3) is 0 Å². The lowest BCUT2D eigenvalue weighted by atomic mass is 9.98. The summed E-state index contributed by atoms with van der Waals surface area (Å²) in [7, 11) is 0. The normalized spacial score (nSPS) is 19.4. The fourth-order valence-electron chi connectivity index (χ4n) is 11.1. The molecular formula is C69H131NO10. The Balaban J connectivity index is 2.16. The van der Waals surface area contributed by atoms with Gasteiger partial charge in [0.15, 0.2) is 6.29 Å². The Labute approximate surface area is 492 Å². The van der Waals surface area contributed by atoms with Gasteiger partial charge in [-0.25, -0.2) is 0 Å². The molecule has 8 N–H and O–H groups in total. The van der Waals surface area contributed by atoms with Gasteiger partial charge in [0.1, 0.15) is 36.6 Å². The van der Waals surface area contributed by atoms with Gasteiger partial charge in [-0.3, -0.25) is 4.79 Å². The van der Waals surface area contributed by atoms with Crippen molar-refractivity contribution in [2.45, 2.75) is 384 Å². The van der Waals surface area contributed by atoms with Gasteiger partial charge in [-0.15, -0.1) is 0 Å². The Morgan fingerprint density at radius 3 is 1.11 bits per heavy atom. The van der Waals surface area contributed by atoms with Gasteiger partial charge in [-0.05, 0) is 77.0 Å². The summed E-state index contributed by atoms with van der Waals surface area (Å²) >= 11 is 0. The number of aliphatic hydroxyl groups excluding tert-OH is 7. The van der Waals surface area contributed by atoms with Gasteiger partial charge < -0.3 is 50.5 Å². The van der Waals surface area contributed by atoms with E-state index in [1.165, 1.54) is 244 Å². The molecule has 1 rings (SSSR count). The van der Waals surface area contributed by atoms with Crippen LogP contribution in [0.2, 0.25) is 0 Å². The summed E-state index contributed by atoms with van der Waals surface area (Å²) in [6.45, 7) is 3.47. The molecule has 9 unspecified atom stereocenters. The van der Waals surface area contributed by atoms with E-state index in [9.17, 15) is 40.5 Å². The topological polar surface area (TPSA) is 189 Å². The average Bonchev–Trinajstić information content (AvgIpc) is 3.47. The van der Waals surface area contributed by atoms with Crippen LogP contribution in [-0.4, -0.2) is 110 Å². The second kappa shape index (κ2) is 57.7. The maximum Gasteiger partial charge on any atom is 0.249 e. The number of unbranched alkanes of at least 4 members (excludes halogenated alkanes) is 42. The number of hydrogen-bond acceptors (Lipinski definition) is 10. The summed E-state index contributed by atoms with van der Waals surface area (Å²) < 4.78 is 11.2. The van der Waals surface area contributed by atoms with Crippen molar-refractivity contribution < 1.29 is 50.0 Å². The molecule has 472 valence electrons. The number of carbonyl (C=O) groups is 1. The van der Waals surface area contributed by atoms with E-state index in [2.05, 4.69) is 55.6 Å². The van der Waals surface area contributed by atoms with Crippen molar-refractivity contribution in [3.05, 3.63) is 36.5 Å². The first-order valence-electron chi connectivity index (χ1n) is 34.4. The minimum atomic E-state index is -1.67. The number of aliphatic hydroxyl groups is 7. The molecule has 0 aromatic heterocycles. The average molecular weight is 1130 g/mol. The molecule has 1 saturated heterocycles. The molecule has 0 saturated carbocycles. The smallest absolute Gasteiger partial charge is 0.249 e. The molecule has 1 aliphatic rings. The van der Waals surface area contributed by atoms with Crippen LogP contribution < -0.4 is 5.32 Å². The van der Waals surface area contributed by atoms with E-state index in [0.717, 1.165) is 38.5 Å². The number of nitrogens with one attached hydrogen (secondary N) is 1. The van der Waals surface area contributed by atoms with Crippen molar-refractivity contribution in [3.63, 3.8) is 0 Å². The van der Waals surface area contributed by atoms with Crippen molar-refractivity contribution in [2.24, 2.45) is 0 Å². The van der Waals surface area contributed by atoms with Crippen LogP contribution in [0.5, 0.6) is 0 Å². The third-order valence-corrected chi connectivity index (χ3v) is 16.6. The van der Waals surface area contributed by atoms with Crippen LogP contribution in [0.15, 0.2) is 36.5 Å². The van der Waals surface area contributed by atoms with E-state index in [-0.39, 0.29) is 12.8 Å². The van der Waals surface area contributed by atoms with Crippen molar-refractivity contribution in [1.82, 2.24) is 5.32 Å². The number of amides is 1. The van der Waals surface area contributed by atoms with Gasteiger partial charge in [0.05, 0.1) is 25.4 Å². The highest BCUT2D eigenvalue weighted by Gasteiger charge is 2.44. The first kappa shape index (κ1) is 76.3. The highest BCUT2D eigenvalue weighted by Crippen LogP contribution is 2.24. The largest absolute Gasteiger partial charge is 0.394 e. The molecular weight excluding hydrogens is 1000 g/mol. The van der Waals surface area contributed by atoms with Crippen molar-refractivity contribution in [3.8, 4) is 0 Å². The minimum absolute atomic E-state index is 0.247. The zero-order valence-electron chi connectivity index (χ0n) is 52.1. The lowest BCUT2D eigenvalue weighted by Crippen LogP contribution is -2.60. The van der Waals surface area contributed by atoms with E-state index >= 15 is 0 Å². The van der Waals surface area contributed by atoms with Gasteiger partial charge in [-0.2, -0.15) is 0 Å². The number of ether oxygens (including phenoxy) is 2. The summed E-state index contributed by atoms with van der Waals surface area (Å²) in [5.41, 5.74) is 0. The van der Waals surface area contributed by atoms with Crippen LogP contribution in [0, 0.1) is 0 Å². The monoisotopic (exact) mass is 1130 g/mol. The number of hydrogen-bond donors (Lipinski definition) is 8. The summed E-state index contributed by atoms with van der Waals surface area (Å²) in [6, 6.07) is -1.19. The molecule has 0 aromatic rings. The van der Waals surface area contributed by atoms with Gasteiger partial charge >= 0.3 is 0 Å². The summed E-state index contributed by atoms with van der Waals surface area (Å²) in [5.74, 6) is -0.706. The van der Waals surface area contributed by atoms with Crippen LogP contribution in [0.4, 0.5) is 0 Å². The number of carbonyl (C=O) groups excluding carboxylic acids is 1. The Bertz CT molecular complexity index is 1390. The minimum Gasteiger partial charge on any atom is -0.394 e. The molecule has 1 heterocycles. The first-order valence-corrected chi connectivity index (χ1v) is 34.4. The van der Waals surface area contributed by atoms with Gasteiger partial charge in [-0.1, -0.05) is 288 Å². The van der Waals surface area contributed by atoms with Crippen LogP contribution in [0.3, 0.4) is 0 Å². The fourth-order valence-corrected chi connectivity index (χ4v) is 11.1. The SMILES string of the molecule is CCCCCCCCCC/C=C/CC/C=C/CCCC(O)C(O)C(COC1OC(CO)C(O)C(O)C1O)NC(=O)C(O)CCCCCCCCCCCCCCCCCC/C=C\CCCCCCCCCCCCCCCCCC. The van der Waals surface area contributed by atoms with Crippen LogP contribution in [0.1, 0.15) is 328 Å². The van der Waals surface area contributed by atoms with E-state index < -0.39 is 74.2 Å². The Morgan fingerprint density at radius 1 is 0.425 bits per heavy atom. The molecule has 1 fully saturated rings. The molecule has 0 aliphatic carbocycles. The van der Waals surface area contributed by atoms with Crippen LogP contribution >= 0.6 is 0 Å². The number of rotatable bonds is 60. The molecule has 1 amide bonds. The molecule has 11 heteroatoms. The van der Waals surface area contributed by atoms with Gasteiger partial charge in [0, 0.05) is 0 Å². The van der Waals surface area contributed by atoms with E-state index in [1.54, 1.807) is 0 Å². The second-order valence-electron chi connectivity index (χ2n) is 24.2. The van der Waals surface area contributed by atoms with E-state index in [1.807, 2.05) is 0 Å². The lowest BCUT2D eigenvalue weighted by Gasteiger charge is -2.40. The molecule has 0 spiro atoms. The predicted octanol–water partition coefficient (Wildman–Crippen LogP) is 16.2. The van der Waals surface area contributed by atoms with Crippen molar-refractivity contribution in [2.75, 3.05) is 13.2 Å².